The summed E-state index contributed by atoms with van der Waals surface area (Å²) >= 11 is 7.62. The maximum atomic E-state index is 5.73. The smallest absolute Gasteiger partial charge is 0.148 e. The molecule has 0 atom stereocenters. The Labute approximate surface area is 157 Å². The molecular weight excluding hydrogens is 363 g/mol. The van der Waals surface area contributed by atoms with Crippen LogP contribution >= 0.6 is 23.4 Å². The number of para-hydroxylation sites is 2. The number of rotatable bonds is 7. The second kappa shape index (κ2) is 9.33. The molecule has 24 heavy (non-hydrogen) atoms. The molecule has 0 aliphatic rings. The topological polar surface area (TPSA) is 38.7 Å². The molecule has 6 heteroatoms. The number of pyridine rings is 1. The van der Waals surface area contributed by atoms with Crippen LogP contribution in [0.1, 0.15) is 0 Å². The van der Waals surface area contributed by atoms with E-state index in [9.17, 15) is 0 Å². The lowest BCUT2D eigenvalue weighted by molar-refractivity contribution is -0.563. The van der Waals surface area contributed by atoms with Crippen LogP contribution in [0.4, 0.5) is 5.69 Å². The number of nitrogens with zero attached hydrogens (tertiary/aromatic N) is 1. The minimum absolute atomic E-state index is 0. The molecule has 2 N–H and O–H groups in total. The third-order valence-corrected chi connectivity index (χ3v) is 5.20. The van der Waals surface area contributed by atoms with E-state index in [1.807, 2.05) is 30.0 Å². The van der Waals surface area contributed by atoms with Crippen LogP contribution in [0.2, 0.25) is 0 Å². The molecule has 0 fully saturated rings. The van der Waals surface area contributed by atoms with Crippen molar-refractivity contribution < 1.29 is 22.5 Å². The third-order valence-electron chi connectivity index (χ3n) is 3.77. The van der Waals surface area contributed by atoms with Crippen LogP contribution < -0.4 is 22.5 Å². The Hall–Kier alpha value is -1.20. The second-order valence-corrected chi connectivity index (χ2v) is 6.80. The summed E-state index contributed by atoms with van der Waals surface area (Å²) in [7, 11) is 1.69. The molecule has 1 heterocycles. The fourth-order valence-corrected chi connectivity index (χ4v) is 3.67. The molecule has 0 aliphatic carbocycles. The quantitative estimate of drug-likeness (QED) is 0.368. The number of ether oxygens (including phenoxy) is 1. The van der Waals surface area contributed by atoms with Crippen molar-refractivity contribution in [3.05, 3.63) is 42.5 Å². The largest absolute Gasteiger partial charge is 1.00 e. The van der Waals surface area contributed by atoms with E-state index in [0.29, 0.717) is 5.88 Å². The SMILES string of the molecule is COc1cccc2c([NH2+]CCSCCCl)c3ccccc3nc12.[Cl-]. The van der Waals surface area contributed by atoms with E-state index in [-0.39, 0.29) is 12.4 Å². The van der Waals surface area contributed by atoms with Crippen molar-refractivity contribution in [1.82, 2.24) is 4.98 Å². The second-order valence-electron chi connectivity index (χ2n) is 5.19. The summed E-state index contributed by atoms with van der Waals surface area (Å²) < 4.78 is 5.49. The zero-order valence-corrected chi connectivity index (χ0v) is 15.8. The van der Waals surface area contributed by atoms with Crippen molar-refractivity contribution in [3.63, 3.8) is 0 Å². The first kappa shape index (κ1) is 19.1. The number of quaternary nitrogens is 1. The summed E-state index contributed by atoms with van der Waals surface area (Å²) in [6.45, 7) is 1.02. The predicted octanol–water partition coefficient (Wildman–Crippen LogP) is 0.567. The lowest BCUT2D eigenvalue weighted by Crippen LogP contribution is -3.00. The van der Waals surface area contributed by atoms with Crippen molar-refractivity contribution in [3.8, 4) is 5.75 Å². The summed E-state index contributed by atoms with van der Waals surface area (Å²) in [4.78, 5) is 4.80. The van der Waals surface area contributed by atoms with Gasteiger partial charge in [0.1, 0.15) is 17.0 Å². The number of halogens is 2. The Morgan fingerprint density at radius 3 is 2.67 bits per heavy atom. The standard InChI is InChI=1S/C18H19ClN2OS.ClH/c1-22-16-8-4-6-14-17(20-10-12-23-11-9-19)13-5-2-3-7-15(13)21-18(14)16;/h2-8H,9-12H2,1H3,(H,20,21);1H. The molecule has 3 nitrogen and oxygen atoms in total. The van der Waals surface area contributed by atoms with E-state index in [2.05, 4.69) is 29.6 Å². The maximum absolute atomic E-state index is 5.73. The summed E-state index contributed by atoms with van der Waals surface area (Å²) in [5, 5.41) is 4.65. The molecule has 0 bridgehead atoms. The predicted molar refractivity (Wildman–Crippen MR) is 100 cm³/mol. The Morgan fingerprint density at radius 1 is 1.08 bits per heavy atom. The fraction of sp³-hybridized carbons (Fsp3) is 0.278. The van der Waals surface area contributed by atoms with Gasteiger partial charge in [-0.2, -0.15) is 11.8 Å². The zero-order chi connectivity index (χ0) is 16.1. The number of nitrogens with two attached hydrogens (primary N) is 1. The third kappa shape index (κ3) is 4.06. The molecule has 0 amide bonds. The summed E-state index contributed by atoms with van der Waals surface area (Å²) in [6.07, 6.45) is 0. The minimum atomic E-state index is 0. The van der Waals surface area contributed by atoms with Gasteiger partial charge < -0.3 is 22.5 Å². The van der Waals surface area contributed by atoms with Crippen molar-refractivity contribution in [2.45, 2.75) is 0 Å². The van der Waals surface area contributed by atoms with Crippen LogP contribution in [0.5, 0.6) is 5.75 Å². The Bertz CT molecular complexity index is 813. The van der Waals surface area contributed by atoms with Crippen LogP contribution in [-0.2, 0) is 0 Å². The number of hydrogen-bond acceptors (Lipinski definition) is 3. The molecule has 0 saturated heterocycles. The molecule has 0 aliphatic heterocycles. The summed E-state index contributed by atoms with van der Waals surface area (Å²) in [5.41, 5.74) is 3.17. The van der Waals surface area contributed by atoms with E-state index < -0.39 is 0 Å². The van der Waals surface area contributed by atoms with Crippen molar-refractivity contribution in [1.29, 1.82) is 0 Å². The van der Waals surface area contributed by atoms with Crippen molar-refractivity contribution >= 4 is 50.9 Å². The van der Waals surface area contributed by atoms with E-state index in [1.54, 1.807) is 7.11 Å². The van der Waals surface area contributed by atoms with Gasteiger partial charge in [-0.15, -0.1) is 11.6 Å². The van der Waals surface area contributed by atoms with Crippen LogP contribution in [0, 0.1) is 0 Å². The number of methoxy groups -OCH3 is 1. The maximum Gasteiger partial charge on any atom is 0.148 e. The van der Waals surface area contributed by atoms with E-state index in [1.165, 1.54) is 11.1 Å². The molecule has 2 aromatic carbocycles. The zero-order valence-electron chi connectivity index (χ0n) is 13.5. The average Bonchev–Trinajstić information content (AvgIpc) is 2.60. The Balaban J connectivity index is 0.00000208. The van der Waals surface area contributed by atoms with E-state index in [0.717, 1.165) is 40.2 Å². The molecule has 128 valence electrons. The van der Waals surface area contributed by atoms with E-state index >= 15 is 0 Å². The first-order valence-electron chi connectivity index (χ1n) is 7.67. The number of alkyl halides is 1. The van der Waals surface area contributed by atoms with Crippen molar-refractivity contribution in [2.24, 2.45) is 0 Å². The number of benzene rings is 2. The number of fused-ring (bicyclic) bond motifs is 2. The van der Waals surface area contributed by atoms with Gasteiger partial charge in [-0.05, 0) is 24.3 Å². The summed E-state index contributed by atoms with van der Waals surface area (Å²) in [5.74, 6) is 3.61. The van der Waals surface area contributed by atoms with Gasteiger partial charge in [-0.1, -0.05) is 18.2 Å². The first-order valence-corrected chi connectivity index (χ1v) is 9.36. The Kier molecular flexibility index (Phi) is 7.43. The normalized spacial score (nSPS) is 10.8. The van der Waals surface area contributed by atoms with E-state index in [4.69, 9.17) is 21.3 Å². The molecule has 1 aromatic heterocycles. The van der Waals surface area contributed by atoms with Crippen LogP contribution in [-0.4, -0.2) is 36.0 Å². The fourth-order valence-electron chi connectivity index (χ4n) is 2.75. The lowest BCUT2D eigenvalue weighted by Gasteiger charge is -2.11. The molecule has 0 unspecified atom stereocenters. The van der Waals surface area contributed by atoms with Crippen LogP contribution in [0.3, 0.4) is 0 Å². The monoisotopic (exact) mass is 382 g/mol. The van der Waals surface area contributed by atoms with Gasteiger partial charge in [0.2, 0.25) is 0 Å². The van der Waals surface area contributed by atoms with Gasteiger partial charge in [-0.25, -0.2) is 4.98 Å². The highest BCUT2D eigenvalue weighted by Crippen LogP contribution is 2.32. The highest BCUT2D eigenvalue weighted by atomic mass is 35.5. The Morgan fingerprint density at radius 2 is 1.88 bits per heavy atom. The van der Waals surface area contributed by atoms with Crippen LogP contribution in [0.15, 0.2) is 42.5 Å². The molecule has 0 spiro atoms. The summed E-state index contributed by atoms with van der Waals surface area (Å²) in [6, 6.07) is 14.4. The number of hydrogen-bond donors (Lipinski definition) is 1. The van der Waals surface area contributed by atoms with Gasteiger partial charge in [0.15, 0.2) is 0 Å². The highest BCUT2D eigenvalue weighted by molar-refractivity contribution is 7.99. The van der Waals surface area contributed by atoms with Crippen LogP contribution in [0.25, 0.3) is 21.8 Å². The number of aromatic nitrogens is 1. The first-order chi connectivity index (χ1) is 11.3. The number of thioether (sulfide) groups is 1. The minimum Gasteiger partial charge on any atom is -1.00 e. The van der Waals surface area contributed by atoms with Gasteiger partial charge in [0, 0.05) is 17.4 Å². The highest BCUT2D eigenvalue weighted by Gasteiger charge is 2.14. The molecular formula is C18H20Cl2N2OS. The lowest BCUT2D eigenvalue weighted by atomic mass is 10.1. The molecule has 0 saturated carbocycles. The van der Waals surface area contributed by atoms with Gasteiger partial charge in [-0.3, -0.25) is 0 Å². The van der Waals surface area contributed by atoms with Gasteiger partial charge in [0.25, 0.3) is 0 Å². The average molecular weight is 383 g/mol. The van der Waals surface area contributed by atoms with Crippen molar-refractivity contribution in [2.75, 3.05) is 31.0 Å². The molecule has 0 radical (unpaired) electrons. The molecule has 3 aromatic rings. The van der Waals surface area contributed by atoms with Gasteiger partial charge in [0.05, 0.1) is 29.9 Å². The molecule has 3 rings (SSSR count). The van der Waals surface area contributed by atoms with Gasteiger partial charge >= 0.3 is 0 Å².